The van der Waals surface area contributed by atoms with Crippen LogP contribution in [0.25, 0.3) is 0 Å². The largest absolute Gasteiger partial charge is 0.324 e. The van der Waals surface area contributed by atoms with Gasteiger partial charge in [0.15, 0.2) is 0 Å². The molecule has 1 aromatic heterocycles. The average molecular weight is 363 g/mol. The fraction of sp³-hybridized carbons (Fsp3) is 0.409. The number of hydrogen-bond acceptors (Lipinski definition) is 3. The van der Waals surface area contributed by atoms with Crippen molar-refractivity contribution < 1.29 is 9.59 Å². The maximum Gasteiger partial charge on any atom is 0.256 e. The van der Waals surface area contributed by atoms with E-state index in [-0.39, 0.29) is 11.8 Å². The molecule has 2 aromatic rings. The Bertz CT molecular complexity index is 877. The molecule has 2 fully saturated rings. The molecule has 1 aromatic carbocycles. The van der Waals surface area contributed by atoms with Crippen LogP contribution in [0.5, 0.6) is 0 Å². The topological polar surface area (TPSA) is 53.5 Å². The fourth-order valence-electron chi connectivity index (χ4n) is 4.47. The van der Waals surface area contributed by atoms with Crippen LogP contribution in [0, 0.1) is 13.8 Å². The number of rotatable bonds is 2. The van der Waals surface area contributed by atoms with Gasteiger partial charge in [0.25, 0.3) is 11.8 Å². The molecular formula is C22H25N3O2. The van der Waals surface area contributed by atoms with Gasteiger partial charge in [0.1, 0.15) is 5.54 Å². The summed E-state index contributed by atoms with van der Waals surface area (Å²) < 4.78 is 0. The molecule has 5 heteroatoms. The number of piperidine rings is 1. The quantitative estimate of drug-likeness (QED) is 0.821. The summed E-state index contributed by atoms with van der Waals surface area (Å²) >= 11 is 0. The van der Waals surface area contributed by atoms with E-state index in [2.05, 4.69) is 4.98 Å². The molecule has 0 bridgehead atoms. The molecule has 2 saturated heterocycles. The molecule has 27 heavy (non-hydrogen) atoms. The van der Waals surface area contributed by atoms with Gasteiger partial charge in [-0.15, -0.1) is 0 Å². The Hall–Kier alpha value is -2.69. The maximum absolute atomic E-state index is 13.6. The normalized spacial score (nSPS) is 22.5. The smallest absolute Gasteiger partial charge is 0.256 e. The van der Waals surface area contributed by atoms with Crippen LogP contribution in [-0.4, -0.2) is 40.3 Å². The lowest BCUT2D eigenvalue weighted by atomic mass is 9.84. The van der Waals surface area contributed by atoms with Gasteiger partial charge in [-0.3, -0.25) is 14.6 Å². The second-order valence-electron chi connectivity index (χ2n) is 7.62. The van der Waals surface area contributed by atoms with E-state index in [0.717, 1.165) is 31.4 Å². The minimum absolute atomic E-state index is 0.0602. The fourth-order valence-corrected chi connectivity index (χ4v) is 4.47. The molecule has 5 nitrogen and oxygen atoms in total. The second-order valence-corrected chi connectivity index (χ2v) is 7.62. The third kappa shape index (κ3) is 2.91. The number of aromatic nitrogens is 1. The van der Waals surface area contributed by atoms with Crippen LogP contribution in [0.4, 0.5) is 5.69 Å². The molecule has 0 saturated carbocycles. The summed E-state index contributed by atoms with van der Waals surface area (Å²) in [5, 5.41) is 0. The van der Waals surface area contributed by atoms with Gasteiger partial charge >= 0.3 is 0 Å². The van der Waals surface area contributed by atoms with Gasteiger partial charge in [-0.25, -0.2) is 0 Å². The van der Waals surface area contributed by atoms with Crippen LogP contribution >= 0.6 is 0 Å². The van der Waals surface area contributed by atoms with E-state index in [0.29, 0.717) is 24.3 Å². The minimum atomic E-state index is -0.720. The number of amides is 2. The van der Waals surface area contributed by atoms with Crippen molar-refractivity contribution in [3.63, 3.8) is 0 Å². The molecular weight excluding hydrogens is 338 g/mol. The number of benzene rings is 1. The van der Waals surface area contributed by atoms with Gasteiger partial charge in [0.05, 0.1) is 5.56 Å². The zero-order chi connectivity index (χ0) is 19.0. The predicted octanol–water partition coefficient (Wildman–Crippen LogP) is 3.50. The van der Waals surface area contributed by atoms with Crippen LogP contribution in [-0.2, 0) is 4.79 Å². The molecule has 0 N–H and O–H groups in total. The maximum atomic E-state index is 13.6. The van der Waals surface area contributed by atoms with Crippen LogP contribution in [0.1, 0.15) is 47.3 Å². The Labute approximate surface area is 160 Å². The first-order valence-electron chi connectivity index (χ1n) is 9.65. The number of anilines is 1. The second kappa shape index (κ2) is 6.80. The summed E-state index contributed by atoms with van der Waals surface area (Å²) in [6.45, 7) is 5.21. The molecule has 1 spiro atoms. The first-order chi connectivity index (χ1) is 13.0. The Kier molecular flexibility index (Phi) is 4.46. The lowest BCUT2D eigenvalue weighted by Crippen LogP contribution is -2.61. The summed E-state index contributed by atoms with van der Waals surface area (Å²) in [7, 11) is 0. The average Bonchev–Trinajstić information content (AvgIpc) is 3.09. The monoisotopic (exact) mass is 363 g/mol. The third-order valence-electron chi connectivity index (χ3n) is 5.93. The van der Waals surface area contributed by atoms with Gasteiger partial charge < -0.3 is 9.80 Å². The zero-order valence-electron chi connectivity index (χ0n) is 15.9. The predicted molar refractivity (Wildman–Crippen MR) is 105 cm³/mol. The van der Waals surface area contributed by atoms with Crippen molar-refractivity contribution in [1.82, 2.24) is 9.88 Å². The van der Waals surface area contributed by atoms with Crippen molar-refractivity contribution in [2.75, 3.05) is 18.0 Å². The third-order valence-corrected chi connectivity index (χ3v) is 5.93. The van der Waals surface area contributed by atoms with Crippen molar-refractivity contribution in [3.05, 3.63) is 59.4 Å². The minimum Gasteiger partial charge on any atom is -0.324 e. The van der Waals surface area contributed by atoms with E-state index < -0.39 is 5.54 Å². The molecule has 1 atom stereocenters. The highest BCUT2D eigenvalue weighted by atomic mass is 16.2. The highest BCUT2D eigenvalue weighted by Gasteiger charge is 2.53. The number of carbonyl (C=O) groups excluding carboxylic acids is 2. The van der Waals surface area contributed by atoms with Crippen LogP contribution in [0.2, 0.25) is 0 Å². The lowest BCUT2D eigenvalue weighted by molar-refractivity contribution is -0.130. The van der Waals surface area contributed by atoms with E-state index in [1.807, 2.05) is 54.0 Å². The van der Waals surface area contributed by atoms with Crippen molar-refractivity contribution >= 4 is 17.5 Å². The standard InChI is InChI=1S/C22H25N3O2/c1-16-7-9-18(10-8-16)24-14-4-11-22(21(24)27)12-5-15-25(22)20(26)19-6-3-13-23-17(19)2/h3,6-10,13H,4-5,11-12,14-15H2,1-2H3. The first-order valence-corrected chi connectivity index (χ1v) is 9.65. The highest BCUT2D eigenvalue weighted by molar-refractivity contribution is 6.06. The summed E-state index contributed by atoms with van der Waals surface area (Å²) in [5.41, 5.74) is 2.68. The van der Waals surface area contributed by atoms with Crippen molar-refractivity contribution in [1.29, 1.82) is 0 Å². The SMILES string of the molecule is Cc1ccc(N2CCCC3(CCCN3C(=O)c3cccnc3C)C2=O)cc1. The Balaban J connectivity index is 1.68. The van der Waals surface area contributed by atoms with Gasteiger partial charge in [-0.2, -0.15) is 0 Å². The molecule has 2 aliphatic heterocycles. The van der Waals surface area contributed by atoms with Gasteiger partial charge in [-0.1, -0.05) is 17.7 Å². The molecule has 4 rings (SSSR count). The summed E-state index contributed by atoms with van der Waals surface area (Å²) in [6, 6.07) is 11.6. The number of aryl methyl sites for hydroxylation is 2. The van der Waals surface area contributed by atoms with Crippen molar-refractivity contribution in [3.8, 4) is 0 Å². The van der Waals surface area contributed by atoms with Crippen LogP contribution < -0.4 is 4.90 Å². The van der Waals surface area contributed by atoms with E-state index in [4.69, 9.17) is 0 Å². The van der Waals surface area contributed by atoms with Crippen molar-refractivity contribution in [2.45, 2.75) is 45.1 Å². The lowest BCUT2D eigenvalue weighted by Gasteiger charge is -2.44. The van der Waals surface area contributed by atoms with E-state index in [9.17, 15) is 9.59 Å². The Morgan fingerprint density at radius 3 is 2.44 bits per heavy atom. The zero-order valence-corrected chi connectivity index (χ0v) is 15.9. The molecule has 0 aliphatic carbocycles. The summed E-state index contributed by atoms with van der Waals surface area (Å²) in [4.78, 5) is 34.8. The molecule has 3 heterocycles. The molecule has 2 aliphatic rings. The number of nitrogens with zero attached hydrogens (tertiary/aromatic N) is 3. The van der Waals surface area contributed by atoms with Crippen molar-refractivity contribution in [2.24, 2.45) is 0 Å². The van der Waals surface area contributed by atoms with Crippen LogP contribution in [0.15, 0.2) is 42.6 Å². The van der Waals surface area contributed by atoms with E-state index in [1.165, 1.54) is 5.56 Å². The molecule has 2 amide bonds. The van der Waals surface area contributed by atoms with Gasteiger partial charge in [0.2, 0.25) is 0 Å². The van der Waals surface area contributed by atoms with Gasteiger partial charge in [-0.05, 0) is 63.8 Å². The summed E-state index contributed by atoms with van der Waals surface area (Å²) in [5.74, 6) is -0.0118. The number of carbonyl (C=O) groups is 2. The van der Waals surface area contributed by atoms with E-state index >= 15 is 0 Å². The Morgan fingerprint density at radius 2 is 1.74 bits per heavy atom. The molecule has 1 unspecified atom stereocenters. The van der Waals surface area contributed by atoms with E-state index in [1.54, 1.807) is 12.3 Å². The first kappa shape index (κ1) is 17.7. The number of pyridine rings is 1. The highest BCUT2D eigenvalue weighted by Crippen LogP contribution is 2.40. The van der Waals surface area contributed by atoms with Gasteiger partial charge in [0, 0.05) is 30.7 Å². The number of hydrogen-bond donors (Lipinski definition) is 0. The summed E-state index contributed by atoms with van der Waals surface area (Å²) in [6.07, 6.45) is 4.92. The Morgan fingerprint density at radius 1 is 1.04 bits per heavy atom. The molecule has 140 valence electrons. The van der Waals surface area contributed by atoms with Crippen LogP contribution in [0.3, 0.4) is 0 Å². The molecule has 0 radical (unpaired) electrons. The number of likely N-dealkylation sites (tertiary alicyclic amines) is 1.